The molecule has 0 bridgehead atoms. The van der Waals surface area contributed by atoms with E-state index in [1.165, 1.54) is 0 Å². The van der Waals surface area contributed by atoms with Gasteiger partial charge in [-0.3, -0.25) is 9.59 Å². The highest BCUT2D eigenvalue weighted by molar-refractivity contribution is 9.10. The van der Waals surface area contributed by atoms with Gasteiger partial charge in [-0.15, -0.1) is 0 Å². The van der Waals surface area contributed by atoms with Crippen molar-refractivity contribution < 1.29 is 14.7 Å². The Morgan fingerprint density at radius 1 is 1.33 bits per heavy atom. The summed E-state index contributed by atoms with van der Waals surface area (Å²) >= 11 is 3.49. The molecule has 0 spiro atoms. The maximum atomic E-state index is 11.7. The van der Waals surface area contributed by atoms with Crippen molar-refractivity contribution in [1.82, 2.24) is 0 Å². The summed E-state index contributed by atoms with van der Waals surface area (Å²) in [5.41, 5.74) is 1.99. The topological polar surface area (TPSA) is 69.6 Å². The first-order valence-corrected chi connectivity index (χ1v) is 7.89. The lowest BCUT2D eigenvalue weighted by Crippen LogP contribution is -2.37. The molecular formula is C15H17BrN2O3. The van der Waals surface area contributed by atoms with Crippen molar-refractivity contribution in [2.75, 3.05) is 23.3 Å². The second kappa shape index (κ2) is 5.42. The number of Topliss-reactive ketones (excluding diaryl/α,β-unsaturated/α-hetero) is 1. The summed E-state index contributed by atoms with van der Waals surface area (Å²) < 4.78 is 0.821. The molecule has 112 valence electrons. The Labute approximate surface area is 131 Å². The molecule has 2 N–H and O–H groups in total. The van der Waals surface area contributed by atoms with Crippen LogP contribution in [-0.2, 0) is 4.79 Å². The fourth-order valence-corrected chi connectivity index (χ4v) is 3.61. The summed E-state index contributed by atoms with van der Waals surface area (Å²) in [6.45, 7) is 3.55. The van der Waals surface area contributed by atoms with Crippen molar-refractivity contribution in [3.63, 3.8) is 0 Å². The van der Waals surface area contributed by atoms with Gasteiger partial charge in [-0.05, 0) is 53.7 Å². The first-order valence-electron chi connectivity index (χ1n) is 7.09. The normalized spacial score (nSPS) is 20.4. The number of ketones is 1. The molecule has 1 atom stereocenters. The first-order chi connectivity index (χ1) is 9.97. The second-order valence-corrected chi connectivity index (χ2v) is 6.55. The Morgan fingerprint density at radius 2 is 2.00 bits per heavy atom. The van der Waals surface area contributed by atoms with Crippen LogP contribution >= 0.6 is 15.9 Å². The van der Waals surface area contributed by atoms with Gasteiger partial charge in [-0.2, -0.15) is 0 Å². The Hall–Kier alpha value is -1.40. The van der Waals surface area contributed by atoms with Gasteiger partial charge >= 0.3 is 0 Å². The van der Waals surface area contributed by atoms with Crippen LogP contribution in [-0.4, -0.2) is 36.0 Å². The minimum atomic E-state index is -0.568. The number of hydrogen-bond donors (Lipinski definition) is 2. The molecule has 0 aliphatic carbocycles. The van der Waals surface area contributed by atoms with Crippen LogP contribution in [0.5, 0.6) is 0 Å². The number of carbonyl (C=O) groups excluding carboxylic acids is 2. The lowest BCUT2D eigenvalue weighted by Gasteiger charge is -2.35. The van der Waals surface area contributed by atoms with Gasteiger partial charge in [-0.1, -0.05) is 0 Å². The number of rotatable bonds is 2. The zero-order valence-corrected chi connectivity index (χ0v) is 13.3. The Kier molecular flexibility index (Phi) is 3.75. The first kappa shape index (κ1) is 14.5. The third-order valence-corrected chi connectivity index (χ3v) is 4.98. The van der Waals surface area contributed by atoms with Crippen LogP contribution in [0, 0.1) is 5.92 Å². The van der Waals surface area contributed by atoms with Gasteiger partial charge in [0.05, 0.1) is 23.0 Å². The summed E-state index contributed by atoms with van der Waals surface area (Å²) in [5, 5.41) is 12.3. The van der Waals surface area contributed by atoms with E-state index in [0.29, 0.717) is 17.2 Å². The van der Waals surface area contributed by atoms with E-state index in [-0.39, 0.29) is 6.10 Å². The molecular weight excluding hydrogens is 336 g/mol. The standard InChI is InChI=1S/C15H17BrN2O3/c1-8(19)9-2-4-18(5-3-9)13-7-12-10(6-11(13)16)14(20)15(21)17-12/h6-9,19H,2-5H2,1H3,(H,17,20,21). The highest BCUT2D eigenvalue weighted by Gasteiger charge is 2.30. The largest absolute Gasteiger partial charge is 0.393 e. The zero-order chi connectivity index (χ0) is 15.1. The van der Waals surface area contributed by atoms with E-state index in [4.69, 9.17) is 0 Å². The van der Waals surface area contributed by atoms with Gasteiger partial charge in [0.25, 0.3) is 11.7 Å². The van der Waals surface area contributed by atoms with E-state index >= 15 is 0 Å². The van der Waals surface area contributed by atoms with E-state index < -0.39 is 11.7 Å². The van der Waals surface area contributed by atoms with Gasteiger partial charge in [0.15, 0.2) is 0 Å². The molecule has 1 aromatic rings. The summed E-state index contributed by atoms with van der Waals surface area (Å²) in [6, 6.07) is 3.57. The van der Waals surface area contributed by atoms with E-state index in [2.05, 4.69) is 26.1 Å². The van der Waals surface area contributed by atoms with Crippen LogP contribution < -0.4 is 10.2 Å². The predicted octanol–water partition coefficient (Wildman–Crippen LogP) is 2.18. The molecule has 2 heterocycles. The molecule has 5 nitrogen and oxygen atoms in total. The SMILES string of the molecule is CC(O)C1CCN(c2cc3c(cc2Br)C(=O)C(=O)N3)CC1. The number of nitrogens with zero attached hydrogens (tertiary/aromatic N) is 1. The number of aliphatic hydroxyl groups excluding tert-OH is 1. The van der Waals surface area contributed by atoms with E-state index in [9.17, 15) is 14.7 Å². The van der Waals surface area contributed by atoms with Gasteiger partial charge in [-0.25, -0.2) is 0 Å². The Bertz CT molecular complexity index is 607. The number of benzene rings is 1. The summed E-state index contributed by atoms with van der Waals surface area (Å²) in [4.78, 5) is 25.3. The number of fused-ring (bicyclic) bond motifs is 1. The van der Waals surface area contributed by atoms with Crippen LogP contribution in [0.3, 0.4) is 0 Å². The van der Waals surface area contributed by atoms with E-state index in [1.54, 1.807) is 6.07 Å². The number of carbonyl (C=O) groups is 2. The Morgan fingerprint density at radius 3 is 2.62 bits per heavy atom. The molecule has 1 amide bonds. The predicted molar refractivity (Wildman–Crippen MR) is 83.7 cm³/mol. The lowest BCUT2D eigenvalue weighted by atomic mass is 9.92. The van der Waals surface area contributed by atoms with Crippen molar-refractivity contribution in [2.24, 2.45) is 5.92 Å². The number of amides is 1. The van der Waals surface area contributed by atoms with Crippen molar-refractivity contribution >= 4 is 39.0 Å². The third kappa shape index (κ3) is 2.58. The zero-order valence-electron chi connectivity index (χ0n) is 11.7. The molecule has 1 aromatic carbocycles. The average molecular weight is 353 g/mol. The minimum absolute atomic E-state index is 0.271. The molecule has 3 rings (SSSR count). The number of anilines is 2. The molecule has 1 unspecified atom stereocenters. The number of hydrogen-bond acceptors (Lipinski definition) is 4. The molecule has 0 aromatic heterocycles. The monoisotopic (exact) mass is 352 g/mol. The summed E-state index contributed by atoms with van der Waals surface area (Å²) in [5.74, 6) is -0.706. The van der Waals surface area contributed by atoms with Crippen LogP contribution in [0.25, 0.3) is 0 Å². The van der Waals surface area contributed by atoms with Crippen LogP contribution in [0.4, 0.5) is 11.4 Å². The minimum Gasteiger partial charge on any atom is -0.393 e. The quantitative estimate of drug-likeness (QED) is 0.800. The highest BCUT2D eigenvalue weighted by atomic mass is 79.9. The maximum absolute atomic E-state index is 11.7. The van der Waals surface area contributed by atoms with Gasteiger partial charge in [0, 0.05) is 17.6 Å². The number of piperidine rings is 1. The molecule has 0 radical (unpaired) electrons. The fourth-order valence-electron chi connectivity index (χ4n) is 3.02. The van der Waals surface area contributed by atoms with Crippen LogP contribution in [0.15, 0.2) is 16.6 Å². The van der Waals surface area contributed by atoms with Gasteiger partial charge < -0.3 is 15.3 Å². The summed E-state index contributed by atoms with van der Waals surface area (Å²) in [6.07, 6.45) is 1.60. The Balaban J connectivity index is 1.83. The lowest BCUT2D eigenvalue weighted by molar-refractivity contribution is -0.112. The van der Waals surface area contributed by atoms with Crippen molar-refractivity contribution in [3.8, 4) is 0 Å². The molecule has 0 saturated carbocycles. The molecule has 1 fully saturated rings. The van der Waals surface area contributed by atoms with Crippen LogP contribution in [0.1, 0.15) is 30.1 Å². The average Bonchev–Trinajstić information content (AvgIpc) is 2.73. The van der Waals surface area contributed by atoms with Crippen molar-refractivity contribution in [2.45, 2.75) is 25.9 Å². The van der Waals surface area contributed by atoms with Gasteiger partial charge in [0.1, 0.15) is 0 Å². The van der Waals surface area contributed by atoms with Gasteiger partial charge in [0.2, 0.25) is 0 Å². The third-order valence-electron chi connectivity index (χ3n) is 4.35. The number of aliphatic hydroxyl groups is 1. The smallest absolute Gasteiger partial charge is 0.296 e. The number of nitrogens with one attached hydrogen (secondary N) is 1. The van der Waals surface area contributed by atoms with Crippen molar-refractivity contribution in [1.29, 1.82) is 0 Å². The molecule has 21 heavy (non-hydrogen) atoms. The molecule has 6 heteroatoms. The molecule has 1 saturated heterocycles. The maximum Gasteiger partial charge on any atom is 0.296 e. The second-order valence-electron chi connectivity index (χ2n) is 5.70. The van der Waals surface area contributed by atoms with E-state index in [1.807, 2.05) is 13.0 Å². The molecule has 2 aliphatic rings. The summed E-state index contributed by atoms with van der Waals surface area (Å²) in [7, 11) is 0. The fraction of sp³-hybridized carbons (Fsp3) is 0.467. The van der Waals surface area contributed by atoms with Crippen molar-refractivity contribution in [3.05, 3.63) is 22.2 Å². The van der Waals surface area contributed by atoms with E-state index in [0.717, 1.165) is 36.1 Å². The number of halogens is 1. The van der Waals surface area contributed by atoms with Crippen LogP contribution in [0.2, 0.25) is 0 Å². The molecule has 2 aliphatic heterocycles. The highest BCUT2D eigenvalue weighted by Crippen LogP contribution is 2.37.